The molecule has 2 fully saturated rings. The number of nitrogens with zero attached hydrogens (tertiary/aromatic N) is 1. The van der Waals surface area contributed by atoms with E-state index in [1.165, 1.54) is 12.3 Å². The molecule has 3 rings (SSSR count). The summed E-state index contributed by atoms with van der Waals surface area (Å²) in [5, 5.41) is 19.6. The van der Waals surface area contributed by atoms with Crippen LogP contribution in [0.15, 0.2) is 21.9 Å². The first kappa shape index (κ1) is 15.4. The molecular formula is C13H18N2O7. The molecule has 0 radical (unpaired) electrons. The van der Waals surface area contributed by atoms with Crippen molar-refractivity contribution in [2.24, 2.45) is 0 Å². The van der Waals surface area contributed by atoms with Gasteiger partial charge in [0, 0.05) is 12.3 Å². The Balaban J connectivity index is 2.02. The minimum Gasteiger partial charge on any atom is -0.394 e. The van der Waals surface area contributed by atoms with Crippen LogP contribution in [-0.4, -0.2) is 56.6 Å². The molecule has 0 amide bonds. The van der Waals surface area contributed by atoms with Gasteiger partial charge in [-0.05, 0) is 13.8 Å². The Morgan fingerprint density at radius 1 is 1.32 bits per heavy atom. The molecule has 0 saturated carbocycles. The van der Waals surface area contributed by atoms with Crippen molar-refractivity contribution in [2.75, 3.05) is 6.61 Å². The highest BCUT2D eigenvalue weighted by molar-refractivity contribution is 4.99. The van der Waals surface area contributed by atoms with E-state index in [1.807, 2.05) is 0 Å². The fourth-order valence-corrected chi connectivity index (χ4v) is 2.85. The lowest BCUT2D eigenvalue weighted by atomic mass is 9.98. The zero-order valence-electron chi connectivity index (χ0n) is 12.1. The van der Waals surface area contributed by atoms with Gasteiger partial charge in [-0.15, -0.1) is 0 Å². The van der Waals surface area contributed by atoms with E-state index >= 15 is 0 Å². The van der Waals surface area contributed by atoms with Crippen LogP contribution < -0.4 is 11.2 Å². The average molecular weight is 314 g/mol. The molecule has 0 bridgehead atoms. The predicted octanol–water partition coefficient (Wildman–Crippen LogP) is -1.69. The van der Waals surface area contributed by atoms with E-state index < -0.39 is 54.3 Å². The number of aliphatic hydroxyl groups excluding tert-OH is 2. The number of H-pyrrole nitrogens is 1. The second-order valence-electron chi connectivity index (χ2n) is 5.82. The van der Waals surface area contributed by atoms with Gasteiger partial charge in [0.2, 0.25) is 0 Å². The first-order valence-electron chi connectivity index (χ1n) is 6.94. The Bertz CT molecular complexity index is 667. The number of fused-ring (bicyclic) bond motifs is 1. The first-order valence-corrected chi connectivity index (χ1v) is 6.94. The third-order valence-electron chi connectivity index (χ3n) is 3.78. The Morgan fingerprint density at radius 3 is 2.64 bits per heavy atom. The molecule has 22 heavy (non-hydrogen) atoms. The Labute approximate surface area is 125 Å². The second-order valence-corrected chi connectivity index (χ2v) is 5.82. The van der Waals surface area contributed by atoms with Crippen LogP contribution in [0.1, 0.15) is 20.1 Å². The van der Waals surface area contributed by atoms with Crippen LogP contribution in [0.2, 0.25) is 0 Å². The molecule has 1 aromatic heterocycles. The molecule has 9 nitrogen and oxygen atoms in total. The van der Waals surface area contributed by atoms with Crippen LogP contribution in [0.5, 0.6) is 0 Å². The number of aromatic amines is 1. The number of hydrogen-bond donors (Lipinski definition) is 3. The molecule has 122 valence electrons. The summed E-state index contributed by atoms with van der Waals surface area (Å²) in [5.74, 6) is -0.964. The zero-order chi connectivity index (χ0) is 16.1. The third-order valence-corrected chi connectivity index (χ3v) is 3.78. The largest absolute Gasteiger partial charge is 0.394 e. The van der Waals surface area contributed by atoms with E-state index in [0.29, 0.717) is 0 Å². The average Bonchev–Trinajstić information content (AvgIpc) is 2.76. The van der Waals surface area contributed by atoms with Crippen LogP contribution in [0.25, 0.3) is 0 Å². The minimum atomic E-state index is -1.09. The van der Waals surface area contributed by atoms with Gasteiger partial charge in [0.05, 0.1) is 6.61 Å². The Hall–Kier alpha value is -1.52. The molecule has 3 heterocycles. The standard InChI is InChI=1S/C13H18N2O7/c1-13(2)21-9-8(18)6(5-16)20-11(10(9)22-13)15-4-3-7(17)14-12(15)19/h3-4,6,8-11,16,18H,5H2,1-2H3,(H,14,17,19)/t6-,8-,9+,10+,11+/m1/s1. The number of nitrogens with one attached hydrogen (secondary N) is 1. The Morgan fingerprint density at radius 2 is 2.00 bits per heavy atom. The molecule has 1 aromatic rings. The summed E-state index contributed by atoms with van der Waals surface area (Å²) in [5.41, 5.74) is -1.20. The summed E-state index contributed by atoms with van der Waals surface area (Å²) >= 11 is 0. The smallest absolute Gasteiger partial charge is 0.330 e. The second kappa shape index (κ2) is 5.28. The quantitative estimate of drug-likeness (QED) is 0.595. The number of ether oxygens (including phenoxy) is 3. The summed E-state index contributed by atoms with van der Waals surface area (Å²) in [6, 6.07) is 1.18. The minimum absolute atomic E-state index is 0.442. The van der Waals surface area contributed by atoms with Crippen molar-refractivity contribution in [3.8, 4) is 0 Å². The summed E-state index contributed by atoms with van der Waals surface area (Å²) in [7, 11) is 0. The molecule has 2 saturated heterocycles. The van der Waals surface area contributed by atoms with E-state index in [-0.39, 0.29) is 0 Å². The molecule has 2 aliphatic heterocycles. The van der Waals surface area contributed by atoms with Crippen molar-refractivity contribution in [1.29, 1.82) is 0 Å². The highest BCUT2D eigenvalue weighted by Crippen LogP contribution is 2.40. The van der Waals surface area contributed by atoms with Crippen LogP contribution >= 0.6 is 0 Å². The lowest BCUT2D eigenvalue weighted by Crippen LogP contribution is -2.56. The van der Waals surface area contributed by atoms with Gasteiger partial charge in [0.1, 0.15) is 24.4 Å². The van der Waals surface area contributed by atoms with E-state index in [2.05, 4.69) is 4.98 Å². The SMILES string of the molecule is CC1(C)O[C@H]2[C@H](O)[C@@H](CO)O[C@H](n3ccc(=O)[nH]c3=O)[C@H]2O1. The lowest BCUT2D eigenvalue weighted by molar-refractivity contribution is -0.222. The van der Waals surface area contributed by atoms with Crippen LogP contribution in [-0.2, 0) is 14.2 Å². The maximum atomic E-state index is 12.0. The van der Waals surface area contributed by atoms with E-state index in [9.17, 15) is 19.8 Å². The predicted molar refractivity (Wildman–Crippen MR) is 72.2 cm³/mol. The van der Waals surface area contributed by atoms with Crippen molar-refractivity contribution < 1.29 is 24.4 Å². The molecule has 0 spiro atoms. The van der Waals surface area contributed by atoms with Crippen LogP contribution in [0.3, 0.4) is 0 Å². The third kappa shape index (κ3) is 2.50. The topological polar surface area (TPSA) is 123 Å². The van der Waals surface area contributed by atoms with Crippen molar-refractivity contribution >= 4 is 0 Å². The highest BCUT2D eigenvalue weighted by atomic mass is 16.8. The Kier molecular flexibility index (Phi) is 3.69. The van der Waals surface area contributed by atoms with Gasteiger partial charge in [-0.1, -0.05) is 0 Å². The van der Waals surface area contributed by atoms with E-state index in [0.717, 1.165) is 4.57 Å². The van der Waals surface area contributed by atoms with Crippen molar-refractivity contribution in [3.63, 3.8) is 0 Å². The summed E-state index contributed by atoms with van der Waals surface area (Å²) in [4.78, 5) is 25.3. The van der Waals surface area contributed by atoms with Gasteiger partial charge in [-0.2, -0.15) is 0 Å². The highest BCUT2D eigenvalue weighted by Gasteiger charge is 2.55. The van der Waals surface area contributed by atoms with Gasteiger partial charge >= 0.3 is 5.69 Å². The van der Waals surface area contributed by atoms with E-state index in [1.54, 1.807) is 13.8 Å². The summed E-state index contributed by atoms with van der Waals surface area (Å²) in [6.07, 6.45) is -3.18. The van der Waals surface area contributed by atoms with Crippen molar-refractivity contribution in [2.45, 2.75) is 50.3 Å². The van der Waals surface area contributed by atoms with Gasteiger partial charge in [0.25, 0.3) is 5.56 Å². The maximum absolute atomic E-state index is 12.0. The van der Waals surface area contributed by atoms with Gasteiger partial charge in [-0.25, -0.2) is 4.79 Å². The lowest BCUT2D eigenvalue weighted by Gasteiger charge is -2.39. The van der Waals surface area contributed by atoms with E-state index in [4.69, 9.17) is 14.2 Å². The molecular weight excluding hydrogens is 296 g/mol. The summed E-state index contributed by atoms with van der Waals surface area (Å²) < 4.78 is 18.1. The van der Waals surface area contributed by atoms with Crippen molar-refractivity contribution in [1.82, 2.24) is 9.55 Å². The van der Waals surface area contributed by atoms with Crippen molar-refractivity contribution in [3.05, 3.63) is 33.1 Å². The first-order chi connectivity index (χ1) is 10.3. The fraction of sp³-hybridized carbons (Fsp3) is 0.692. The normalized spacial score (nSPS) is 37.0. The monoisotopic (exact) mass is 314 g/mol. The van der Waals surface area contributed by atoms with Gasteiger partial charge in [0.15, 0.2) is 12.0 Å². The number of aliphatic hydroxyl groups is 2. The summed E-state index contributed by atoms with van der Waals surface area (Å²) in [6.45, 7) is 2.92. The van der Waals surface area contributed by atoms with Crippen LogP contribution in [0.4, 0.5) is 0 Å². The number of aromatic nitrogens is 2. The molecule has 3 N–H and O–H groups in total. The fourth-order valence-electron chi connectivity index (χ4n) is 2.85. The molecule has 0 aliphatic carbocycles. The number of hydrogen-bond acceptors (Lipinski definition) is 7. The molecule has 9 heteroatoms. The zero-order valence-corrected chi connectivity index (χ0v) is 12.1. The van der Waals surface area contributed by atoms with Gasteiger partial charge in [-0.3, -0.25) is 14.3 Å². The number of rotatable bonds is 2. The molecule has 0 aromatic carbocycles. The van der Waals surface area contributed by atoms with Gasteiger partial charge < -0.3 is 24.4 Å². The molecule has 0 unspecified atom stereocenters. The molecule has 2 aliphatic rings. The maximum Gasteiger partial charge on any atom is 0.330 e. The van der Waals surface area contributed by atoms with Crippen LogP contribution in [0, 0.1) is 0 Å². The molecule has 5 atom stereocenters.